The quantitative estimate of drug-likeness (QED) is 0.756. The SMILES string of the molecule is CC1(C)OB(c2cccc(N3Cc4cccc(Cl)c4C3=O)c2)OC1(C)C. The van der Waals surface area contributed by atoms with E-state index in [1.54, 1.807) is 11.0 Å². The van der Waals surface area contributed by atoms with Crippen molar-refractivity contribution in [3.8, 4) is 0 Å². The van der Waals surface area contributed by atoms with E-state index in [0.717, 1.165) is 16.7 Å². The number of anilines is 1. The molecule has 2 aliphatic heterocycles. The minimum atomic E-state index is -0.455. The third kappa shape index (κ3) is 2.66. The highest BCUT2D eigenvalue weighted by Crippen LogP contribution is 2.37. The predicted molar refractivity (Wildman–Crippen MR) is 104 cm³/mol. The van der Waals surface area contributed by atoms with Crippen LogP contribution in [0.25, 0.3) is 0 Å². The number of carbonyl (C=O) groups excluding carboxylic acids is 1. The van der Waals surface area contributed by atoms with Gasteiger partial charge >= 0.3 is 7.12 Å². The van der Waals surface area contributed by atoms with Crippen molar-refractivity contribution in [3.63, 3.8) is 0 Å². The Morgan fingerprint density at radius 3 is 2.35 bits per heavy atom. The van der Waals surface area contributed by atoms with Crippen LogP contribution in [0.1, 0.15) is 43.6 Å². The van der Waals surface area contributed by atoms with Crippen molar-refractivity contribution in [2.75, 3.05) is 4.90 Å². The van der Waals surface area contributed by atoms with Gasteiger partial charge in [0, 0.05) is 5.69 Å². The van der Waals surface area contributed by atoms with Gasteiger partial charge in [-0.3, -0.25) is 4.79 Å². The summed E-state index contributed by atoms with van der Waals surface area (Å²) >= 11 is 6.23. The second-order valence-electron chi connectivity index (χ2n) is 7.85. The van der Waals surface area contributed by atoms with Crippen LogP contribution >= 0.6 is 11.6 Å². The minimum absolute atomic E-state index is 0.0725. The second-order valence-corrected chi connectivity index (χ2v) is 8.26. The molecule has 2 aliphatic rings. The lowest BCUT2D eigenvalue weighted by molar-refractivity contribution is 0.00578. The summed E-state index contributed by atoms with van der Waals surface area (Å²) in [4.78, 5) is 14.6. The van der Waals surface area contributed by atoms with Crippen LogP contribution < -0.4 is 10.4 Å². The number of benzene rings is 2. The van der Waals surface area contributed by atoms with Crippen molar-refractivity contribution in [1.29, 1.82) is 0 Å². The number of rotatable bonds is 2. The molecule has 0 radical (unpaired) electrons. The standard InChI is InChI=1S/C20H21BClNO3/c1-19(2)20(3,4)26-21(25-19)14-8-6-9-15(11-14)23-12-13-7-5-10-16(22)17(13)18(23)24/h5-11H,12H2,1-4H3. The molecule has 134 valence electrons. The predicted octanol–water partition coefficient (Wildman–Crippen LogP) is 3.80. The third-order valence-electron chi connectivity index (χ3n) is 5.59. The molecular weight excluding hydrogens is 348 g/mol. The fraction of sp³-hybridized carbons (Fsp3) is 0.350. The number of amides is 1. The maximum atomic E-state index is 12.8. The van der Waals surface area contributed by atoms with E-state index in [9.17, 15) is 4.79 Å². The Balaban J connectivity index is 1.64. The Kier molecular flexibility index (Phi) is 3.95. The van der Waals surface area contributed by atoms with E-state index in [0.29, 0.717) is 17.1 Å². The van der Waals surface area contributed by atoms with E-state index in [1.165, 1.54) is 0 Å². The Bertz CT molecular complexity index is 880. The van der Waals surface area contributed by atoms with Crippen LogP contribution in [0.5, 0.6) is 0 Å². The molecular formula is C20H21BClNO3. The average Bonchev–Trinajstić information content (AvgIpc) is 3.02. The van der Waals surface area contributed by atoms with Gasteiger partial charge in [-0.1, -0.05) is 35.9 Å². The summed E-state index contributed by atoms with van der Waals surface area (Å²) < 4.78 is 12.3. The number of fused-ring (bicyclic) bond motifs is 1. The molecule has 4 rings (SSSR count). The molecule has 0 bridgehead atoms. The molecule has 4 nitrogen and oxygen atoms in total. The first kappa shape index (κ1) is 17.6. The van der Waals surface area contributed by atoms with Crippen LogP contribution in [-0.4, -0.2) is 24.2 Å². The lowest BCUT2D eigenvalue weighted by Crippen LogP contribution is -2.41. The van der Waals surface area contributed by atoms with Crippen LogP contribution in [0.2, 0.25) is 5.02 Å². The fourth-order valence-corrected chi connectivity index (χ4v) is 3.62. The van der Waals surface area contributed by atoms with Gasteiger partial charge in [0.15, 0.2) is 0 Å². The zero-order chi connectivity index (χ0) is 18.7. The van der Waals surface area contributed by atoms with E-state index in [1.807, 2.05) is 64.1 Å². The van der Waals surface area contributed by atoms with Crippen molar-refractivity contribution < 1.29 is 14.1 Å². The highest BCUT2D eigenvalue weighted by Gasteiger charge is 2.51. The largest absolute Gasteiger partial charge is 0.494 e. The topological polar surface area (TPSA) is 38.8 Å². The van der Waals surface area contributed by atoms with Crippen molar-refractivity contribution >= 4 is 35.8 Å². The number of halogens is 1. The first-order chi connectivity index (χ1) is 12.2. The summed E-state index contributed by atoms with van der Waals surface area (Å²) in [5, 5.41) is 0.497. The van der Waals surface area contributed by atoms with Crippen molar-refractivity contribution in [2.24, 2.45) is 0 Å². The number of carbonyl (C=O) groups is 1. The van der Waals surface area contributed by atoms with Crippen LogP contribution in [0.3, 0.4) is 0 Å². The normalized spacial score (nSPS) is 20.6. The third-order valence-corrected chi connectivity index (χ3v) is 5.91. The van der Waals surface area contributed by atoms with E-state index >= 15 is 0 Å². The second kappa shape index (κ2) is 5.84. The van der Waals surface area contributed by atoms with Gasteiger partial charge in [-0.25, -0.2) is 0 Å². The number of hydrogen-bond acceptors (Lipinski definition) is 3. The molecule has 0 aliphatic carbocycles. The van der Waals surface area contributed by atoms with Gasteiger partial charge in [0.05, 0.1) is 28.3 Å². The summed E-state index contributed by atoms with van der Waals surface area (Å²) in [5.74, 6) is -0.0725. The van der Waals surface area contributed by atoms with Gasteiger partial charge in [0.1, 0.15) is 0 Å². The smallest absolute Gasteiger partial charge is 0.399 e. The van der Waals surface area contributed by atoms with Gasteiger partial charge in [-0.05, 0) is 56.9 Å². The minimum Gasteiger partial charge on any atom is -0.399 e. The maximum Gasteiger partial charge on any atom is 0.494 e. The van der Waals surface area contributed by atoms with Gasteiger partial charge in [-0.15, -0.1) is 0 Å². The summed E-state index contributed by atoms with van der Waals surface area (Å²) in [5.41, 5.74) is 2.45. The zero-order valence-corrected chi connectivity index (χ0v) is 16.1. The van der Waals surface area contributed by atoms with Gasteiger partial charge in [0.25, 0.3) is 5.91 Å². The molecule has 0 atom stereocenters. The molecule has 0 N–H and O–H groups in total. The summed E-state index contributed by atoms with van der Waals surface area (Å²) in [7, 11) is -0.455. The van der Waals surface area contributed by atoms with Crippen LogP contribution in [0.15, 0.2) is 42.5 Å². The molecule has 0 aromatic heterocycles. The summed E-state index contributed by atoms with van der Waals surface area (Å²) in [6.45, 7) is 8.62. The zero-order valence-electron chi connectivity index (χ0n) is 15.4. The van der Waals surface area contributed by atoms with Crippen LogP contribution in [-0.2, 0) is 15.9 Å². The van der Waals surface area contributed by atoms with Crippen molar-refractivity contribution in [3.05, 3.63) is 58.6 Å². The molecule has 1 fully saturated rings. The Morgan fingerprint density at radius 1 is 1.04 bits per heavy atom. The van der Waals surface area contributed by atoms with E-state index in [4.69, 9.17) is 20.9 Å². The van der Waals surface area contributed by atoms with Crippen LogP contribution in [0.4, 0.5) is 5.69 Å². The molecule has 26 heavy (non-hydrogen) atoms. The molecule has 0 spiro atoms. The summed E-state index contributed by atoms with van der Waals surface area (Å²) in [6, 6.07) is 13.3. The van der Waals surface area contributed by atoms with Crippen LogP contribution in [0, 0.1) is 0 Å². The molecule has 2 aromatic carbocycles. The van der Waals surface area contributed by atoms with Gasteiger partial charge in [-0.2, -0.15) is 0 Å². The molecule has 1 saturated heterocycles. The lowest BCUT2D eigenvalue weighted by Gasteiger charge is -2.32. The molecule has 6 heteroatoms. The average molecular weight is 370 g/mol. The van der Waals surface area contributed by atoms with Crippen molar-refractivity contribution in [1.82, 2.24) is 0 Å². The lowest BCUT2D eigenvalue weighted by atomic mass is 9.79. The number of hydrogen-bond donors (Lipinski definition) is 0. The Morgan fingerprint density at radius 2 is 1.69 bits per heavy atom. The molecule has 1 amide bonds. The molecule has 0 saturated carbocycles. The monoisotopic (exact) mass is 369 g/mol. The van der Waals surface area contributed by atoms with Crippen molar-refractivity contribution in [2.45, 2.75) is 45.4 Å². The Hall–Kier alpha value is -1.82. The molecule has 2 aromatic rings. The molecule has 0 unspecified atom stereocenters. The number of nitrogens with zero attached hydrogens (tertiary/aromatic N) is 1. The summed E-state index contributed by atoms with van der Waals surface area (Å²) in [6.07, 6.45) is 0. The van der Waals surface area contributed by atoms with E-state index in [-0.39, 0.29) is 5.91 Å². The van der Waals surface area contributed by atoms with Gasteiger partial charge < -0.3 is 14.2 Å². The molecule has 2 heterocycles. The first-order valence-electron chi connectivity index (χ1n) is 8.74. The highest BCUT2D eigenvalue weighted by atomic mass is 35.5. The highest BCUT2D eigenvalue weighted by molar-refractivity contribution is 6.62. The maximum absolute atomic E-state index is 12.8. The first-order valence-corrected chi connectivity index (χ1v) is 9.12. The van der Waals surface area contributed by atoms with Gasteiger partial charge in [0.2, 0.25) is 0 Å². The van der Waals surface area contributed by atoms with E-state index in [2.05, 4.69) is 0 Å². The fourth-order valence-electron chi connectivity index (χ4n) is 3.34. The van der Waals surface area contributed by atoms with E-state index < -0.39 is 18.3 Å². The Labute approximate surface area is 159 Å².